The molecule has 0 spiro atoms. The maximum Gasteiger partial charge on any atom is 0.273 e. The van der Waals surface area contributed by atoms with Gasteiger partial charge in [0.25, 0.3) is 5.91 Å². The monoisotopic (exact) mass is 230 g/mol. The topological polar surface area (TPSA) is 72.9 Å². The molecule has 5 heteroatoms. The molecule has 3 N–H and O–H groups in total. The predicted molar refractivity (Wildman–Crippen MR) is 66.7 cm³/mol. The zero-order chi connectivity index (χ0) is 12.3. The average molecular weight is 230 g/mol. The van der Waals surface area contributed by atoms with Gasteiger partial charge in [-0.05, 0) is 31.2 Å². The molecule has 2 aromatic rings. The lowest BCUT2D eigenvalue weighted by Crippen LogP contribution is -2.17. The Morgan fingerprint density at radius 1 is 1.47 bits per heavy atom. The highest BCUT2D eigenvalue weighted by Gasteiger charge is 2.10. The second-order valence-electron chi connectivity index (χ2n) is 3.61. The average Bonchev–Trinajstić information content (AvgIpc) is 2.77. The van der Waals surface area contributed by atoms with E-state index in [0.717, 1.165) is 0 Å². The molecule has 0 unspecified atom stereocenters. The minimum Gasteiger partial charge on any atom is -0.399 e. The first-order valence-corrected chi connectivity index (χ1v) is 5.39. The van der Waals surface area contributed by atoms with E-state index < -0.39 is 0 Å². The summed E-state index contributed by atoms with van der Waals surface area (Å²) in [4.78, 5) is 12.0. The summed E-state index contributed by atoms with van der Waals surface area (Å²) in [7, 11) is 0. The minimum absolute atomic E-state index is 0.185. The van der Waals surface area contributed by atoms with Crippen LogP contribution >= 0.6 is 0 Å². The third-order valence-electron chi connectivity index (χ3n) is 2.39. The number of nitrogens with one attached hydrogen (secondary N) is 1. The van der Waals surface area contributed by atoms with Crippen molar-refractivity contribution in [2.45, 2.75) is 13.5 Å². The van der Waals surface area contributed by atoms with Gasteiger partial charge >= 0.3 is 0 Å². The smallest absolute Gasteiger partial charge is 0.273 e. The van der Waals surface area contributed by atoms with Crippen LogP contribution in [0.15, 0.2) is 36.5 Å². The van der Waals surface area contributed by atoms with Crippen LogP contribution in [0.1, 0.15) is 17.4 Å². The Morgan fingerprint density at radius 2 is 2.29 bits per heavy atom. The maximum absolute atomic E-state index is 12.0. The fourth-order valence-corrected chi connectivity index (χ4v) is 1.59. The zero-order valence-corrected chi connectivity index (χ0v) is 9.55. The number of hydrogen-bond acceptors (Lipinski definition) is 3. The molecular formula is C12H14N4O. The van der Waals surface area contributed by atoms with E-state index in [4.69, 9.17) is 5.73 Å². The number of rotatable bonds is 3. The van der Waals surface area contributed by atoms with Crippen molar-refractivity contribution in [2.75, 3.05) is 11.1 Å². The van der Waals surface area contributed by atoms with Gasteiger partial charge in [0.05, 0.1) is 0 Å². The number of aromatic nitrogens is 2. The van der Waals surface area contributed by atoms with Crippen molar-refractivity contribution in [3.05, 3.63) is 42.2 Å². The highest BCUT2D eigenvalue weighted by Crippen LogP contribution is 2.13. The van der Waals surface area contributed by atoms with Crippen molar-refractivity contribution in [1.82, 2.24) is 9.78 Å². The molecular weight excluding hydrogens is 216 g/mol. The van der Waals surface area contributed by atoms with E-state index in [0.29, 0.717) is 23.6 Å². The number of hydrogen-bond donors (Lipinski definition) is 2. The Kier molecular flexibility index (Phi) is 3.09. The summed E-state index contributed by atoms with van der Waals surface area (Å²) < 4.78 is 1.64. The summed E-state index contributed by atoms with van der Waals surface area (Å²) in [6.45, 7) is 2.59. The van der Waals surface area contributed by atoms with Crippen LogP contribution in [0.2, 0.25) is 0 Å². The number of nitrogens with zero attached hydrogens (tertiary/aromatic N) is 2. The SMILES string of the molecule is CCn1nccc1C(=O)Nc1cccc(N)c1. The van der Waals surface area contributed by atoms with Crippen LogP contribution in [0.5, 0.6) is 0 Å². The lowest BCUT2D eigenvalue weighted by Gasteiger charge is -2.07. The van der Waals surface area contributed by atoms with Gasteiger partial charge in [-0.3, -0.25) is 9.48 Å². The van der Waals surface area contributed by atoms with Gasteiger partial charge in [0.15, 0.2) is 0 Å². The molecule has 17 heavy (non-hydrogen) atoms. The van der Waals surface area contributed by atoms with Gasteiger partial charge in [-0.25, -0.2) is 0 Å². The van der Waals surface area contributed by atoms with Crippen LogP contribution in [0.3, 0.4) is 0 Å². The van der Waals surface area contributed by atoms with Crippen LogP contribution in [0.4, 0.5) is 11.4 Å². The maximum atomic E-state index is 12.0. The fourth-order valence-electron chi connectivity index (χ4n) is 1.59. The van der Waals surface area contributed by atoms with Gasteiger partial charge in [-0.2, -0.15) is 5.10 Å². The first-order valence-electron chi connectivity index (χ1n) is 5.39. The van der Waals surface area contributed by atoms with E-state index in [1.165, 1.54) is 0 Å². The Bertz CT molecular complexity index is 533. The summed E-state index contributed by atoms with van der Waals surface area (Å²) in [5.74, 6) is -0.185. The molecule has 0 aliphatic rings. The molecule has 0 radical (unpaired) electrons. The molecule has 2 rings (SSSR count). The van der Waals surface area contributed by atoms with Crippen LogP contribution in [-0.2, 0) is 6.54 Å². The highest BCUT2D eigenvalue weighted by atomic mass is 16.2. The first kappa shape index (κ1) is 11.2. The molecule has 1 amide bonds. The minimum atomic E-state index is -0.185. The van der Waals surface area contributed by atoms with Gasteiger partial charge in [0.2, 0.25) is 0 Å². The molecule has 1 aromatic heterocycles. The van der Waals surface area contributed by atoms with Crippen LogP contribution in [0, 0.1) is 0 Å². The van der Waals surface area contributed by atoms with E-state index in [9.17, 15) is 4.79 Å². The Morgan fingerprint density at radius 3 is 3.00 bits per heavy atom. The molecule has 0 atom stereocenters. The third-order valence-corrected chi connectivity index (χ3v) is 2.39. The summed E-state index contributed by atoms with van der Waals surface area (Å²) in [5.41, 5.74) is 7.47. The van der Waals surface area contributed by atoms with Gasteiger partial charge in [0, 0.05) is 24.1 Å². The van der Waals surface area contributed by atoms with Crippen molar-refractivity contribution in [3.8, 4) is 0 Å². The summed E-state index contributed by atoms with van der Waals surface area (Å²) in [6, 6.07) is 8.75. The van der Waals surface area contributed by atoms with E-state index in [-0.39, 0.29) is 5.91 Å². The van der Waals surface area contributed by atoms with Crippen molar-refractivity contribution in [1.29, 1.82) is 0 Å². The molecule has 0 bridgehead atoms. The number of anilines is 2. The molecule has 88 valence electrons. The number of nitrogen functional groups attached to an aromatic ring is 1. The summed E-state index contributed by atoms with van der Waals surface area (Å²) in [5, 5.41) is 6.83. The second-order valence-corrected chi connectivity index (χ2v) is 3.61. The lowest BCUT2D eigenvalue weighted by molar-refractivity contribution is 0.101. The van der Waals surface area contributed by atoms with Crippen LogP contribution in [0.25, 0.3) is 0 Å². The van der Waals surface area contributed by atoms with Crippen molar-refractivity contribution in [3.63, 3.8) is 0 Å². The largest absolute Gasteiger partial charge is 0.399 e. The number of carbonyl (C=O) groups is 1. The molecule has 0 saturated carbocycles. The number of benzene rings is 1. The van der Waals surface area contributed by atoms with Crippen molar-refractivity contribution >= 4 is 17.3 Å². The fraction of sp³-hybridized carbons (Fsp3) is 0.167. The molecule has 0 aliphatic heterocycles. The van der Waals surface area contributed by atoms with E-state index >= 15 is 0 Å². The van der Waals surface area contributed by atoms with Crippen LogP contribution in [-0.4, -0.2) is 15.7 Å². The van der Waals surface area contributed by atoms with Gasteiger partial charge in [0.1, 0.15) is 5.69 Å². The van der Waals surface area contributed by atoms with Gasteiger partial charge in [-0.1, -0.05) is 6.07 Å². The van der Waals surface area contributed by atoms with Gasteiger partial charge < -0.3 is 11.1 Å². The van der Waals surface area contributed by atoms with E-state index in [2.05, 4.69) is 10.4 Å². The van der Waals surface area contributed by atoms with E-state index in [1.807, 2.05) is 6.92 Å². The van der Waals surface area contributed by atoms with Crippen molar-refractivity contribution < 1.29 is 4.79 Å². The standard InChI is InChI=1S/C12H14N4O/c1-2-16-11(6-7-14-16)12(17)15-10-5-3-4-9(13)8-10/h3-8H,2,13H2,1H3,(H,15,17). The number of nitrogens with two attached hydrogens (primary N) is 1. The summed E-state index contributed by atoms with van der Waals surface area (Å²) >= 11 is 0. The molecule has 0 aliphatic carbocycles. The van der Waals surface area contributed by atoms with E-state index in [1.54, 1.807) is 41.2 Å². The molecule has 1 aromatic carbocycles. The van der Waals surface area contributed by atoms with Crippen molar-refractivity contribution in [2.24, 2.45) is 0 Å². The summed E-state index contributed by atoms with van der Waals surface area (Å²) in [6.07, 6.45) is 1.61. The second kappa shape index (κ2) is 4.69. The zero-order valence-electron chi connectivity index (χ0n) is 9.55. The van der Waals surface area contributed by atoms with Crippen LogP contribution < -0.4 is 11.1 Å². The number of amides is 1. The molecule has 5 nitrogen and oxygen atoms in total. The number of carbonyl (C=O) groups excluding carboxylic acids is 1. The van der Waals surface area contributed by atoms with Gasteiger partial charge in [-0.15, -0.1) is 0 Å². The quantitative estimate of drug-likeness (QED) is 0.789. The Labute approximate surface area is 99.2 Å². The highest BCUT2D eigenvalue weighted by molar-refractivity contribution is 6.03. The predicted octanol–water partition coefficient (Wildman–Crippen LogP) is 1.74. The first-order chi connectivity index (χ1) is 8.20. The Hall–Kier alpha value is -2.30. The number of aryl methyl sites for hydroxylation is 1. The normalized spacial score (nSPS) is 10.2. The Balaban J connectivity index is 2.17. The third kappa shape index (κ3) is 2.44. The molecule has 0 fully saturated rings. The lowest BCUT2D eigenvalue weighted by atomic mass is 10.2. The molecule has 1 heterocycles. The molecule has 0 saturated heterocycles.